The summed E-state index contributed by atoms with van der Waals surface area (Å²) in [6.07, 6.45) is 10.4. The number of nitrogens with zero attached hydrogens (tertiary/aromatic N) is 1. The molecule has 28 heavy (non-hydrogen) atoms. The van der Waals surface area contributed by atoms with Gasteiger partial charge < -0.3 is 4.74 Å². The van der Waals surface area contributed by atoms with Crippen molar-refractivity contribution < 1.29 is 14.1 Å². The second-order valence-corrected chi connectivity index (χ2v) is 11.5. The summed E-state index contributed by atoms with van der Waals surface area (Å²) < 4.78 is 8.15. The molecular weight excluding hydrogens is 366 g/mol. The summed E-state index contributed by atoms with van der Waals surface area (Å²) in [7, 11) is 0. The first-order valence-electron chi connectivity index (χ1n) is 11.5. The molecule has 154 valence electrons. The van der Waals surface area contributed by atoms with Crippen LogP contribution in [0.5, 0.6) is 0 Å². The Hall–Kier alpha value is -0.900. The Labute approximate surface area is 173 Å². The lowest BCUT2D eigenvalue weighted by molar-refractivity contribution is -0.696. The van der Waals surface area contributed by atoms with E-state index in [1.54, 1.807) is 17.5 Å². The van der Waals surface area contributed by atoms with E-state index < -0.39 is 0 Å². The van der Waals surface area contributed by atoms with Crippen LogP contribution in [0.2, 0.25) is 0 Å². The highest BCUT2D eigenvalue weighted by Gasteiger charge is 2.61. The predicted octanol–water partition coefficient (Wildman–Crippen LogP) is 5.04. The van der Waals surface area contributed by atoms with Crippen LogP contribution in [0.3, 0.4) is 0 Å². The van der Waals surface area contributed by atoms with E-state index in [0.717, 1.165) is 43.1 Å². The molecule has 0 amide bonds. The molecule has 3 saturated carbocycles. The normalized spacial score (nSPS) is 44.2. The fraction of sp³-hybridized carbons (Fsp3) is 0.833. The van der Waals surface area contributed by atoms with Gasteiger partial charge in [0.1, 0.15) is 12.6 Å². The minimum Gasteiger partial charge on any atom is -0.463 e. The number of esters is 1. The van der Waals surface area contributed by atoms with Crippen molar-refractivity contribution in [3.63, 3.8) is 0 Å². The molecule has 0 radical (unpaired) electrons. The highest BCUT2D eigenvalue weighted by atomic mass is 32.1. The molecule has 4 heteroatoms. The number of rotatable bonds is 2. The fourth-order valence-electron chi connectivity index (χ4n) is 8.07. The van der Waals surface area contributed by atoms with E-state index >= 15 is 0 Å². The molecule has 3 nitrogen and oxygen atoms in total. The van der Waals surface area contributed by atoms with Crippen molar-refractivity contribution in [2.75, 3.05) is 0 Å². The monoisotopic (exact) mass is 402 g/mol. The van der Waals surface area contributed by atoms with Crippen molar-refractivity contribution in [2.45, 2.75) is 97.1 Å². The number of aryl methyl sites for hydroxylation is 1. The maximum Gasteiger partial charge on any atom is 0.302 e. The Balaban J connectivity index is 1.40. The molecule has 0 aromatic carbocycles. The molecule has 0 N–H and O–H groups in total. The third kappa shape index (κ3) is 2.58. The minimum absolute atomic E-state index is 0.1000. The van der Waals surface area contributed by atoms with Gasteiger partial charge in [-0.1, -0.05) is 25.2 Å². The molecule has 0 bridgehead atoms. The molecule has 1 aromatic heterocycles. The Kier molecular flexibility index (Phi) is 4.47. The van der Waals surface area contributed by atoms with E-state index in [1.807, 2.05) is 11.3 Å². The van der Waals surface area contributed by atoms with Crippen LogP contribution < -0.4 is 4.57 Å². The van der Waals surface area contributed by atoms with Crippen LogP contribution in [0, 0.1) is 29.1 Å². The van der Waals surface area contributed by atoms with E-state index in [4.69, 9.17) is 4.74 Å². The van der Waals surface area contributed by atoms with Gasteiger partial charge in [0, 0.05) is 18.8 Å². The van der Waals surface area contributed by atoms with E-state index in [0.29, 0.717) is 10.8 Å². The summed E-state index contributed by atoms with van der Waals surface area (Å²) in [5.74, 6) is 3.24. The van der Waals surface area contributed by atoms with Gasteiger partial charge in [-0.15, -0.1) is 0 Å². The number of fused-ring (bicyclic) bond motifs is 7. The molecule has 3 fully saturated rings. The molecule has 0 aliphatic heterocycles. The smallest absolute Gasteiger partial charge is 0.302 e. The maximum atomic E-state index is 11.5. The van der Waals surface area contributed by atoms with Crippen LogP contribution in [-0.4, -0.2) is 12.1 Å². The first-order chi connectivity index (χ1) is 13.4. The molecule has 7 atom stereocenters. The Morgan fingerprint density at radius 2 is 2.04 bits per heavy atom. The molecule has 1 heterocycles. The third-order valence-corrected chi connectivity index (χ3v) is 10.8. The lowest BCUT2D eigenvalue weighted by atomic mass is 9.45. The summed E-state index contributed by atoms with van der Waals surface area (Å²) >= 11 is 2.03. The molecule has 5 rings (SSSR count). The van der Waals surface area contributed by atoms with Crippen molar-refractivity contribution in [1.82, 2.24) is 0 Å². The Morgan fingerprint density at radius 3 is 2.79 bits per heavy atom. The van der Waals surface area contributed by atoms with Crippen LogP contribution in [-0.2, 0) is 27.9 Å². The lowest BCUT2D eigenvalue weighted by Crippen LogP contribution is -2.54. The number of hydrogen-bond donors (Lipinski definition) is 0. The summed E-state index contributed by atoms with van der Waals surface area (Å²) in [6, 6.07) is 0. The molecule has 1 aromatic rings. The van der Waals surface area contributed by atoms with E-state index in [-0.39, 0.29) is 12.1 Å². The number of hydrogen-bond acceptors (Lipinski definition) is 3. The van der Waals surface area contributed by atoms with Crippen molar-refractivity contribution in [1.29, 1.82) is 0 Å². The standard InChI is InChI=1S/C24H36NO2S/c1-5-25-14-28-22-21(25)13-20-18-7-6-16-12-17(27-15(2)26)8-10-23(16,3)19(18)9-11-24(20,22)4/h14,16-20H,5-13H2,1-4H3/q+1/t16-,17-,18+,19-,20-,23-,24-/m0/s1. The second kappa shape index (κ2) is 6.55. The van der Waals surface area contributed by atoms with Crippen LogP contribution in [0.4, 0.5) is 0 Å². The lowest BCUT2D eigenvalue weighted by Gasteiger charge is -2.60. The third-order valence-electron chi connectivity index (χ3n) is 9.52. The van der Waals surface area contributed by atoms with Crippen LogP contribution in [0.15, 0.2) is 5.51 Å². The molecule has 0 saturated heterocycles. The van der Waals surface area contributed by atoms with Crippen molar-refractivity contribution in [2.24, 2.45) is 29.1 Å². The average molecular weight is 403 g/mol. The predicted molar refractivity (Wildman–Crippen MR) is 111 cm³/mol. The largest absolute Gasteiger partial charge is 0.463 e. The maximum absolute atomic E-state index is 11.5. The first kappa shape index (κ1) is 19.1. The van der Waals surface area contributed by atoms with Crippen molar-refractivity contribution in [3.8, 4) is 0 Å². The molecule has 0 spiro atoms. The van der Waals surface area contributed by atoms with Crippen LogP contribution in [0.25, 0.3) is 0 Å². The minimum atomic E-state index is -0.1000. The van der Waals surface area contributed by atoms with E-state index in [1.165, 1.54) is 38.5 Å². The van der Waals surface area contributed by atoms with E-state index in [9.17, 15) is 4.79 Å². The number of ether oxygens (including phenoxy) is 1. The summed E-state index contributed by atoms with van der Waals surface area (Å²) in [5, 5.41) is 0. The zero-order chi connectivity index (χ0) is 19.7. The van der Waals surface area contributed by atoms with Crippen molar-refractivity contribution >= 4 is 17.3 Å². The zero-order valence-electron chi connectivity index (χ0n) is 18.0. The zero-order valence-corrected chi connectivity index (χ0v) is 18.8. The van der Waals surface area contributed by atoms with Gasteiger partial charge in [-0.25, -0.2) is 0 Å². The average Bonchev–Trinajstić information content (AvgIpc) is 3.19. The topological polar surface area (TPSA) is 30.2 Å². The number of carbonyl (C=O) groups excluding carboxylic acids is 1. The fourth-order valence-corrected chi connectivity index (χ4v) is 9.43. The second-order valence-electron chi connectivity index (χ2n) is 10.6. The summed E-state index contributed by atoms with van der Waals surface area (Å²) in [4.78, 5) is 13.2. The molecule has 4 aliphatic carbocycles. The van der Waals surface area contributed by atoms with Gasteiger partial charge in [-0.05, 0) is 81.0 Å². The van der Waals surface area contributed by atoms with Crippen LogP contribution >= 0.6 is 11.3 Å². The number of aromatic nitrogens is 1. The van der Waals surface area contributed by atoms with Gasteiger partial charge in [0.2, 0.25) is 5.51 Å². The van der Waals surface area contributed by atoms with Crippen LogP contribution in [0.1, 0.15) is 83.2 Å². The first-order valence-corrected chi connectivity index (χ1v) is 12.4. The van der Waals surface area contributed by atoms with Gasteiger partial charge in [-0.3, -0.25) is 4.79 Å². The summed E-state index contributed by atoms with van der Waals surface area (Å²) in [5.41, 5.74) is 4.90. The van der Waals surface area contributed by atoms with E-state index in [2.05, 4.69) is 30.8 Å². The SMILES string of the molecule is CC[n+]1csc2c1C[C@H]1[C@@H]3CC[C@H]4C[C@@H](OC(C)=O)CC[C@]4(C)[C@H]3CC[C@]21C. The Morgan fingerprint density at radius 1 is 1.21 bits per heavy atom. The Bertz CT molecular complexity index is 788. The molecular formula is C24H36NO2S+. The van der Waals surface area contributed by atoms with Gasteiger partial charge in [0.05, 0.1) is 4.88 Å². The highest BCUT2D eigenvalue weighted by Crippen LogP contribution is 2.65. The quantitative estimate of drug-likeness (QED) is 0.512. The molecule has 4 aliphatic rings. The van der Waals surface area contributed by atoms with Gasteiger partial charge in [0.15, 0.2) is 5.69 Å². The highest BCUT2D eigenvalue weighted by molar-refractivity contribution is 7.09. The number of carbonyl (C=O) groups is 1. The van der Waals surface area contributed by atoms with Gasteiger partial charge in [-0.2, -0.15) is 4.57 Å². The van der Waals surface area contributed by atoms with Gasteiger partial charge >= 0.3 is 5.97 Å². The molecule has 0 unspecified atom stereocenters. The van der Waals surface area contributed by atoms with Gasteiger partial charge in [0.25, 0.3) is 0 Å². The summed E-state index contributed by atoms with van der Waals surface area (Å²) in [6.45, 7) is 10.1. The number of thiazole rings is 1. The van der Waals surface area contributed by atoms with Crippen molar-refractivity contribution in [3.05, 3.63) is 16.1 Å².